The van der Waals surface area contributed by atoms with Crippen LogP contribution in [0.5, 0.6) is 0 Å². The minimum absolute atomic E-state index is 0.172. The van der Waals surface area contributed by atoms with Crippen molar-refractivity contribution in [3.63, 3.8) is 0 Å². The van der Waals surface area contributed by atoms with Gasteiger partial charge in [0.2, 0.25) is 0 Å². The third kappa shape index (κ3) is 2.16. The first-order chi connectivity index (χ1) is 6.25. The van der Waals surface area contributed by atoms with E-state index in [1.807, 2.05) is 0 Å². The lowest BCUT2D eigenvalue weighted by molar-refractivity contribution is 0.0979. The molecule has 0 aliphatic heterocycles. The Kier molecular flexibility index (Phi) is 2.80. The largest absolute Gasteiger partial charge is 0.383 e. The van der Waals surface area contributed by atoms with Crippen LogP contribution in [0.4, 0.5) is 5.82 Å². The number of hydrogen-bond donors (Lipinski definition) is 3. The Labute approximate surface area is 74.6 Å². The lowest BCUT2D eigenvalue weighted by Crippen LogP contribution is -2.23. The molecule has 6 heteroatoms. The van der Waals surface area contributed by atoms with Crippen LogP contribution in [0.1, 0.15) is 10.4 Å². The minimum atomic E-state index is -0.389. The number of rotatable bonds is 2. The van der Waals surface area contributed by atoms with Crippen molar-refractivity contribution in [2.75, 3.05) is 5.73 Å². The first-order valence-electron chi connectivity index (χ1n) is 3.49. The normalized spacial score (nSPS) is 10.2. The molecule has 0 saturated carbocycles. The van der Waals surface area contributed by atoms with Crippen LogP contribution < -0.4 is 16.9 Å². The number of nitrogen functional groups attached to an aromatic ring is 1. The summed E-state index contributed by atoms with van der Waals surface area (Å²) in [5, 5.41) is 5.43. The van der Waals surface area contributed by atoms with Crippen LogP contribution in [0.25, 0.3) is 0 Å². The fourth-order valence-corrected chi connectivity index (χ4v) is 0.783. The first-order valence-corrected chi connectivity index (χ1v) is 3.49. The van der Waals surface area contributed by atoms with E-state index in [2.05, 4.69) is 15.4 Å². The molecule has 0 aliphatic rings. The predicted molar refractivity (Wildman–Crippen MR) is 48.8 cm³/mol. The van der Waals surface area contributed by atoms with E-state index in [0.717, 1.165) is 6.34 Å². The predicted octanol–water partition coefficient (Wildman–Crippen LogP) is -0.704. The highest BCUT2D eigenvalue weighted by atomic mass is 16.1. The molecule has 0 saturated heterocycles. The van der Waals surface area contributed by atoms with Crippen molar-refractivity contribution in [2.45, 2.75) is 0 Å². The van der Waals surface area contributed by atoms with E-state index in [1.54, 1.807) is 12.1 Å². The maximum atomic E-state index is 11.2. The number of anilines is 1. The molecule has 0 bridgehead atoms. The standard InChI is InChI=1S/C7H9N5O/c8-6-5(2-1-3-10-6)7(13)11-4-12-9/h1-4H,9H2,(H2,8,10)(H,11,12,13). The number of carbonyl (C=O) groups is 1. The Morgan fingerprint density at radius 1 is 1.69 bits per heavy atom. The van der Waals surface area contributed by atoms with Gasteiger partial charge in [-0.15, -0.1) is 0 Å². The zero-order chi connectivity index (χ0) is 9.68. The SMILES string of the molecule is N/N=C/NC(=O)c1cccnc1N. The maximum absolute atomic E-state index is 11.2. The van der Waals surface area contributed by atoms with Gasteiger partial charge >= 0.3 is 0 Å². The molecule has 0 aliphatic carbocycles. The topological polar surface area (TPSA) is 106 Å². The van der Waals surface area contributed by atoms with Crippen molar-refractivity contribution in [2.24, 2.45) is 10.9 Å². The van der Waals surface area contributed by atoms with Gasteiger partial charge in [-0.05, 0) is 12.1 Å². The molecule has 0 radical (unpaired) electrons. The van der Waals surface area contributed by atoms with Gasteiger partial charge in [-0.2, -0.15) is 5.10 Å². The molecule has 0 fully saturated rings. The van der Waals surface area contributed by atoms with Gasteiger partial charge in [-0.3, -0.25) is 4.79 Å². The number of aromatic nitrogens is 1. The van der Waals surface area contributed by atoms with Crippen LogP contribution in [0.2, 0.25) is 0 Å². The summed E-state index contributed by atoms with van der Waals surface area (Å²) >= 11 is 0. The Balaban J connectivity index is 2.83. The Bertz CT molecular complexity index is 335. The quantitative estimate of drug-likeness (QED) is 0.241. The second kappa shape index (κ2) is 4.05. The fourth-order valence-electron chi connectivity index (χ4n) is 0.783. The zero-order valence-corrected chi connectivity index (χ0v) is 6.77. The highest BCUT2D eigenvalue weighted by molar-refractivity contribution is 6.03. The monoisotopic (exact) mass is 179 g/mol. The van der Waals surface area contributed by atoms with E-state index < -0.39 is 0 Å². The van der Waals surface area contributed by atoms with Gasteiger partial charge in [-0.1, -0.05) is 0 Å². The van der Waals surface area contributed by atoms with Crippen LogP contribution in [0.15, 0.2) is 23.4 Å². The molecule has 13 heavy (non-hydrogen) atoms. The average molecular weight is 179 g/mol. The summed E-state index contributed by atoms with van der Waals surface area (Å²) < 4.78 is 0. The molecule has 0 spiro atoms. The maximum Gasteiger partial charge on any atom is 0.260 e. The molecular weight excluding hydrogens is 170 g/mol. The van der Waals surface area contributed by atoms with E-state index in [0.29, 0.717) is 5.56 Å². The van der Waals surface area contributed by atoms with Gasteiger partial charge in [0.25, 0.3) is 5.91 Å². The summed E-state index contributed by atoms with van der Waals surface area (Å²) in [7, 11) is 0. The number of amides is 1. The molecule has 6 nitrogen and oxygen atoms in total. The number of carbonyl (C=O) groups excluding carboxylic acids is 1. The summed E-state index contributed by atoms with van der Waals surface area (Å²) in [4.78, 5) is 15.0. The lowest BCUT2D eigenvalue weighted by Gasteiger charge is -2.01. The van der Waals surface area contributed by atoms with Crippen molar-refractivity contribution in [3.05, 3.63) is 23.9 Å². The molecule has 0 atom stereocenters. The Morgan fingerprint density at radius 3 is 3.08 bits per heavy atom. The van der Waals surface area contributed by atoms with Crippen LogP contribution >= 0.6 is 0 Å². The number of hydrazone groups is 1. The smallest absolute Gasteiger partial charge is 0.260 e. The third-order valence-electron chi connectivity index (χ3n) is 1.35. The first kappa shape index (κ1) is 8.98. The number of nitrogens with one attached hydrogen (secondary N) is 1. The zero-order valence-electron chi connectivity index (χ0n) is 6.77. The van der Waals surface area contributed by atoms with Gasteiger partial charge in [0.1, 0.15) is 12.2 Å². The van der Waals surface area contributed by atoms with Gasteiger partial charge in [0, 0.05) is 6.20 Å². The van der Waals surface area contributed by atoms with Crippen molar-refractivity contribution in [3.8, 4) is 0 Å². The highest BCUT2D eigenvalue weighted by Crippen LogP contribution is 2.05. The van der Waals surface area contributed by atoms with Gasteiger partial charge in [-0.25, -0.2) is 4.98 Å². The van der Waals surface area contributed by atoms with Gasteiger partial charge in [0.05, 0.1) is 5.56 Å². The molecule has 1 aromatic heterocycles. The summed E-state index contributed by atoms with van der Waals surface area (Å²) in [6.07, 6.45) is 2.58. The van der Waals surface area contributed by atoms with E-state index in [4.69, 9.17) is 11.6 Å². The molecule has 1 rings (SSSR count). The molecule has 1 heterocycles. The van der Waals surface area contributed by atoms with Crippen molar-refractivity contribution < 1.29 is 4.79 Å². The molecule has 68 valence electrons. The van der Waals surface area contributed by atoms with Crippen LogP contribution in [-0.4, -0.2) is 17.2 Å². The Hall–Kier alpha value is -2.11. The van der Waals surface area contributed by atoms with Crippen LogP contribution in [-0.2, 0) is 0 Å². The fraction of sp³-hybridized carbons (Fsp3) is 0. The van der Waals surface area contributed by atoms with E-state index in [9.17, 15) is 4.79 Å². The van der Waals surface area contributed by atoms with Crippen molar-refractivity contribution in [1.29, 1.82) is 0 Å². The van der Waals surface area contributed by atoms with E-state index in [-0.39, 0.29) is 11.7 Å². The van der Waals surface area contributed by atoms with Gasteiger partial charge in [0.15, 0.2) is 0 Å². The third-order valence-corrected chi connectivity index (χ3v) is 1.35. The summed E-state index contributed by atoms with van der Waals surface area (Å²) in [5.74, 6) is 4.58. The van der Waals surface area contributed by atoms with Crippen LogP contribution in [0.3, 0.4) is 0 Å². The van der Waals surface area contributed by atoms with Crippen molar-refractivity contribution in [1.82, 2.24) is 10.3 Å². The average Bonchev–Trinajstić information content (AvgIpc) is 2.15. The summed E-state index contributed by atoms with van der Waals surface area (Å²) in [5.41, 5.74) is 5.74. The molecule has 5 N–H and O–H groups in total. The van der Waals surface area contributed by atoms with Crippen LogP contribution in [0, 0.1) is 0 Å². The number of hydrogen-bond acceptors (Lipinski definition) is 5. The molecule has 0 aromatic carbocycles. The molecule has 1 amide bonds. The second-order valence-corrected chi connectivity index (χ2v) is 2.19. The summed E-state index contributed by atoms with van der Waals surface area (Å²) in [6.45, 7) is 0. The number of pyridine rings is 1. The molecule has 1 aromatic rings. The van der Waals surface area contributed by atoms with Gasteiger partial charge < -0.3 is 16.9 Å². The second-order valence-electron chi connectivity index (χ2n) is 2.19. The highest BCUT2D eigenvalue weighted by Gasteiger charge is 2.07. The number of nitrogens with two attached hydrogens (primary N) is 2. The molecule has 0 unspecified atom stereocenters. The summed E-state index contributed by atoms with van der Waals surface area (Å²) in [6, 6.07) is 3.17. The lowest BCUT2D eigenvalue weighted by atomic mass is 10.2. The number of nitrogens with zero attached hydrogens (tertiary/aromatic N) is 2. The van der Waals surface area contributed by atoms with Crippen molar-refractivity contribution >= 4 is 18.1 Å². The molecular formula is C7H9N5O. The van der Waals surface area contributed by atoms with E-state index in [1.165, 1.54) is 6.20 Å². The van der Waals surface area contributed by atoms with E-state index >= 15 is 0 Å². The Morgan fingerprint density at radius 2 is 2.46 bits per heavy atom. The minimum Gasteiger partial charge on any atom is -0.383 e.